The maximum atomic E-state index is 13.0. The van der Waals surface area contributed by atoms with Crippen molar-refractivity contribution in [1.29, 1.82) is 0 Å². The summed E-state index contributed by atoms with van der Waals surface area (Å²) in [4.78, 5) is 41.6. The fourth-order valence-electron chi connectivity index (χ4n) is 4.66. The van der Waals surface area contributed by atoms with Crippen LogP contribution in [0.1, 0.15) is 39.7 Å². The normalized spacial score (nSPS) is 13.0. The first-order chi connectivity index (χ1) is 20.0. The van der Waals surface area contributed by atoms with Gasteiger partial charge in [0.15, 0.2) is 0 Å². The number of nitrogens with one attached hydrogen (secondary N) is 2. The molecule has 214 valence electrons. The van der Waals surface area contributed by atoms with Crippen LogP contribution in [0, 0.1) is 0 Å². The van der Waals surface area contributed by atoms with Crippen molar-refractivity contribution in [2.75, 3.05) is 31.3 Å². The van der Waals surface area contributed by atoms with Crippen LogP contribution in [0.25, 0.3) is 5.69 Å². The van der Waals surface area contributed by atoms with Gasteiger partial charge in [0, 0.05) is 48.8 Å². The summed E-state index contributed by atoms with van der Waals surface area (Å²) in [6.07, 6.45) is 0.829. The lowest BCUT2D eigenvalue weighted by Crippen LogP contribution is -2.36. The van der Waals surface area contributed by atoms with Gasteiger partial charge >= 0.3 is 16.6 Å². The number of thioether (sulfide) groups is 1. The molecule has 0 spiro atoms. The molecular formula is C29H31N4O6S2+. The Morgan fingerprint density at radius 3 is 2.68 bits per heavy atom. The Morgan fingerprint density at radius 1 is 1.17 bits per heavy atom. The number of ether oxygens (including phenoxy) is 2. The van der Waals surface area contributed by atoms with E-state index in [1.807, 2.05) is 18.2 Å². The molecule has 0 aliphatic carbocycles. The molecule has 12 heteroatoms. The molecule has 4 aromatic rings. The third-order valence-electron chi connectivity index (χ3n) is 6.62. The van der Waals surface area contributed by atoms with Crippen molar-refractivity contribution in [2.24, 2.45) is 0 Å². The smallest absolute Gasteiger partial charge is 0.442 e. The van der Waals surface area contributed by atoms with Crippen molar-refractivity contribution in [2.45, 2.75) is 37.9 Å². The van der Waals surface area contributed by atoms with Crippen LogP contribution < -0.4 is 20.4 Å². The molecule has 3 heterocycles. The fraction of sp³-hybridized carbons (Fsp3) is 0.310. The molecule has 2 aromatic carbocycles. The van der Waals surface area contributed by atoms with Crippen molar-refractivity contribution in [1.82, 2.24) is 10.2 Å². The molecule has 0 saturated heterocycles. The molecule has 0 unspecified atom stereocenters. The van der Waals surface area contributed by atoms with Crippen LogP contribution in [-0.2, 0) is 29.0 Å². The molecule has 0 radical (unpaired) electrons. The van der Waals surface area contributed by atoms with Crippen LogP contribution in [-0.4, -0.2) is 48.1 Å². The maximum Gasteiger partial charge on any atom is 0.442 e. The molecule has 1 aliphatic rings. The zero-order valence-corrected chi connectivity index (χ0v) is 24.4. The predicted octanol–water partition coefficient (Wildman–Crippen LogP) is 4.17. The van der Waals surface area contributed by atoms with Gasteiger partial charge in [-0.15, -0.1) is 11.3 Å². The largest absolute Gasteiger partial charge is 0.497 e. The van der Waals surface area contributed by atoms with E-state index in [0.717, 1.165) is 23.5 Å². The lowest BCUT2D eigenvalue weighted by atomic mass is 10.0. The highest BCUT2D eigenvalue weighted by Crippen LogP contribution is 2.38. The minimum Gasteiger partial charge on any atom is -0.497 e. The molecule has 0 bridgehead atoms. The summed E-state index contributed by atoms with van der Waals surface area (Å²) in [5, 5.41) is 6.37. The quantitative estimate of drug-likeness (QED) is 0.151. The minimum atomic E-state index is -0.526. The number of hydrogen-bond donors (Lipinski definition) is 2. The second kappa shape index (κ2) is 13.2. The van der Waals surface area contributed by atoms with Crippen LogP contribution in [0.2, 0.25) is 0 Å². The Morgan fingerprint density at radius 2 is 1.95 bits per heavy atom. The molecule has 5 rings (SSSR count). The minimum absolute atomic E-state index is 0.128. The topological polar surface area (TPSA) is 118 Å². The summed E-state index contributed by atoms with van der Waals surface area (Å²) < 4.78 is 17.1. The van der Waals surface area contributed by atoms with E-state index in [2.05, 4.69) is 27.6 Å². The summed E-state index contributed by atoms with van der Waals surface area (Å²) in [6, 6.07) is 17.4. The van der Waals surface area contributed by atoms with Crippen molar-refractivity contribution in [3.63, 3.8) is 0 Å². The Kier molecular flexibility index (Phi) is 9.22. The van der Waals surface area contributed by atoms with Gasteiger partial charge in [0.2, 0.25) is 11.6 Å². The van der Waals surface area contributed by atoms with Crippen LogP contribution in [0.15, 0.2) is 68.9 Å². The molecule has 0 saturated carbocycles. The average Bonchev–Trinajstić information content (AvgIpc) is 3.53. The van der Waals surface area contributed by atoms with Gasteiger partial charge in [0.25, 0.3) is 0 Å². The lowest BCUT2D eigenvalue weighted by molar-refractivity contribution is -0.704. The monoisotopic (exact) mass is 595 g/mol. The molecule has 2 aromatic heterocycles. The van der Waals surface area contributed by atoms with E-state index in [0.29, 0.717) is 45.7 Å². The molecule has 10 nitrogen and oxygen atoms in total. The highest BCUT2D eigenvalue weighted by Gasteiger charge is 2.30. The number of esters is 1. The van der Waals surface area contributed by atoms with Gasteiger partial charge in [-0.3, -0.25) is 14.2 Å². The predicted molar refractivity (Wildman–Crippen MR) is 156 cm³/mol. The number of H-pyrrole nitrogens is 1. The molecule has 1 amide bonds. The van der Waals surface area contributed by atoms with Crippen LogP contribution in [0.5, 0.6) is 5.75 Å². The molecule has 2 N–H and O–H groups in total. The Bertz CT molecular complexity index is 1560. The van der Waals surface area contributed by atoms with Crippen molar-refractivity contribution in [3.8, 4) is 11.4 Å². The van der Waals surface area contributed by atoms with E-state index in [4.69, 9.17) is 14.0 Å². The number of thiophene rings is 1. The van der Waals surface area contributed by atoms with Gasteiger partial charge in [-0.05, 0) is 58.3 Å². The second-order valence-corrected chi connectivity index (χ2v) is 11.5. The van der Waals surface area contributed by atoms with Crippen molar-refractivity contribution < 1.29 is 28.3 Å². The van der Waals surface area contributed by atoms with Gasteiger partial charge in [-0.2, -0.15) is 0 Å². The first kappa shape index (κ1) is 28.7. The van der Waals surface area contributed by atoms with E-state index < -0.39 is 11.6 Å². The third kappa shape index (κ3) is 6.72. The zero-order chi connectivity index (χ0) is 28.8. The van der Waals surface area contributed by atoms with Crippen molar-refractivity contribution >= 4 is 40.0 Å². The number of carbonyl (C=O) groups is 2. The number of benzene rings is 2. The lowest BCUT2D eigenvalue weighted by Gasteiger charge is -2.27. The SMILES string of the molecule is CCOC(=O)c1c(NC(=O)CCSc2c(=O)o[nH][n+]2-c2ccc(OC)cc2)sc2c1CCN(Cc1ccccc1)C2. The van der Waals surface area contributed by atoms with E-state index >= 15 is 0 Å². The molecule has 1 aliphatic heterocycles. The van der Waals surface area contributed by atoms with Crippen LogP contribution in [0.4, 0.5) is 5.00 Å². The highest BCUT2D eigenvalue weighted by molar-refractivity contribution is 7.99. The number of hydrogen-bond acceptors (Lipinski definition) is 9. The molecule has 41 heavy (non-hydrogen) atoms. The number of methoxy groups -OCH3 is 1. The maximum absolute atomic E-state index is 13.0. The number of anilines is 1. The number of nitrogens with zero attached hydrogens (tertiary/aromatic N) is 2. The first-order valence-corrected chi connectivity index (χ1v) is 15.1. The summed E-state index contributed by atoms with van der Waals surface area (Å²) in [5.41, 5.74) is 2.80. The summed E-state index contributed by atoms with van der Waals surface area (Å²) in [6.45, 7) is 4.34. The van der Waals surface area contributed by atoms with Gasteiger partial charge in [0.1, 0.15) is 10.8 Å². The van der Waals surface area contributed by atoms with E-state index in [1.165, 1.54) is 33.3 Å². The Labute approximate surface area is 245 Å². The summed E-state index contributed by atoms with van der Waals surface area (Å²) >= 11 is 2.64. The van der Waals surface area contributed by atoms with Gasteiger partial charge in [-0.25, -0.2) is 9.59 Å². The fourth-order valence-corrected chi connectivity index (χ4v) is 6.86. The third-order valence-corrected chi connectivity index (χ3v) is 8.79. The zero-order valence-electron chi connectivity index (χ0n) is 22.8. The van der Waals surface area contributed by atoms with Crippen LogP contribution in [0.3, 0.4) is 0 Å². The molecular weight excluding hydrogens is 564 g/mol. The standard InChI is InChI=1S/C29H30N4O6S2/c1-3-38-28(35)25-22-13-15-32(17-19-7-5-4-6-8-19)18-23(22)41-26(25)30-24(34)14-16-40-27-29(36)39-31-33(27)20-9-11-21(37-2)12-10-20/h4-12H,3,13-18H2,1-2H3,(H-,30,31,34,35,36)/p+1. The highest BCUT2D eigenvalue weighted by atomic mass is 32.2. The average molecular weight is 596 g/mol. The number of aromatic amines is 1. The Balaban J connectivity index is 1.25. The summed E-state index contributed by atoms with van der Waals surface area (Å²) in [7, 11) is 1.58. The second-order valence-electron chi connectivity index (χ2n) is 9.34. The van der Waals surface area contributed by atoms with E-state index in [9.17, 15) is 14.4 Å². The molecule has 0 fully saturated rings. The number of amides is 1. The first-order valence-electron chi connectivity index (χ1n) is 13.2. The molecule has 0 atom stereocenters. The summed E-state index contributed by atoms with van der Waals surface area (Å²) in [5.74, 6) is 0.345. The number of fused-ring (bicyclic) bond motifs is 1. The number of carbonyl (C=O) groups excluding carboxylic acids is 2. The van der Waals surface area contributed by atoms with E-state index in [1.54, 1.807) is 38.3 Å². The number of rotatable bonds is 11. The van der Waals surface area contributed by atoms with Gasteiger partial charge < -0.3 is 14.8 Å². The van der Waals surface area contributed by atoms with Crippen LogP contribution >= 0.6 is 23.1 Å². The Hall–Kier alpha value is -3.87. The van der Waals surface area contributed by atoms with Gasteiger partial charge in [-0.1, -0.05) is 30.3 Å². The van der Waals surface area contributed by atoms with Crippen molar-refractivity contribution in [3.05, 3.63) is 86.6 Å². The van der Waals surface area contributed by atoms with E-state index in [-0.39, 0.29) is 18.9 Å². The van der Waals surface area contributed by atoms with Gasteiger partial charge in [0.05, 0.1) is 19.3 Å². The number of aromatic nitrogens is 2.